The summed E-state index contributed by atoms with van der Waals surface area (Å²) in [6, 6.07) is 0. The molecule has 0 fully saturated rings. The Morgan fingerprint density at radius 3 is 2.35 bits per heavy atom. The van der Waals surface area contributed by atoms with E-state index < -0.39 is 35.3 Å². The molecule has 0 spiro atoms. The van der Waals surface area contributed by atoms with Gasteiger partial charge in [-0.15, -0.1) is 0 Å². The highest BCUT2D eigenvalue weighted by Gasteiger charge is 2.41. The minimum absolute atomic E-state index is 0.199. The zero-order valence-electron chi connectivity index (χ0n) is 9.93. The number of hydrogen-bond acceptors (Lipinski definition) is 6. The van der Waals surface area contributed by atoms with Gasteiger partial charge in [0.05, 0.1) is 0 Å². The minimum atomic E-state index is -1.73. The van der Waals surface area contributed by atoms with Crippen LogP contribution < -0.4 is 0 Å². The zero-order valence-corrected chi connectivity index (χ0v) is 9.93. The number of aliphatic hydroxyl groups excluding tert-OH is 3. The van der Waals surface area contributed by atoms with Crippen LogP contribution in [-0.4, -0.2) is 39.1 Å². The first-order valence-electron chi connectivity index (χ1n) is 5.02. The van der Waals surface area contributed by atoms with Gasteiger partial charge in [-0.1, -0.05) is 6.58 Å². The third-order valence-electron chi connectivity index (χ3n) is 1.98. The molecule has 0 aliphatic carbocycles. The van der Waals surface area contributed by atoms with Crippen LogP contribution in [0.3, 0.4) is 0 Å². The third kappa shape index (κ3) is 2.91. The molecule has 0 aromatic carbocycles. The molecule has 2 atom stereocenters. The molecule has 0 saturated carbocycles. The van der Waals surface area contributed by atoms with E-state index in [0.717, 1.165) is 0 Å². The van der Waals surface area contributed by atoms with Gasteiger partial charge >= 0.3 is 5.97 Å². The van der Waals surface area contributed by atoms with Crippen LogP contribution >= 0.6 is 0 Å². The molecule has 96 valence electrons. The normalized spacial score (nSPS) is 22.4. The first-order chi connectivity index (χ1) is 7.63. The molecular formula is C11H16O6. The Labute approximate surface area is 98.8 Å². The highest BCUT2D eigenvalue weighted by atomic mass is 16.6. The van der Waals surface area contributed by atoms with Crippen molar-refractivity contribution in [3.8, 4) is 0 Å². The lowest BCUT2D eigenvalue weighted by molar-refractivity contribution is -0.170. The average Bonchev–Trinajstić information content (AvgIpc) is 2.42. The van der Waals surface area contributed by atoms with E-state index in [4.69, 9.17) is 9.47 Å². The van der Waals surface area contributed by atoms with Crippen molar-refractivity contribution < 1.29 is 29.6 Å². The quantitative estimate of drug-likeness (QED) is 0.625. The zero-order chi connectivity index (χ0) is 13.4. The Balaban J connectivity index is 2.76. The van der Waals surface area contributed by atoms with Crippen LogP contribution in [0.25, 0.3) is 0 Å². The second-order valence-corrected chi connectivity index (χ2v) is 4.67. The smallest absolute Gasteiger partial charge is 0.339 e. The molecule has 0 aromatic rings. The summed E-state index contributed by atoms with van der Waals surface area (Å²) < 4.78 is 9.78. The molecule has 0 aromatic heterocycles. The van der Waals surface area contributed by atoms with Crippen LogP contribution in [0.5, 0.6) is 0 Å². The van der Waals surface area contributed by atoms with Gasteiger partial charge in [-0.05, 0) is 20.8 Å². The van der Waals surface area contributed by atoms with Crippen LogP contribution in [-0.2, 0) is 14.3 Å². The lowest BCUT2D eigenvalue weighted by Gasteiger charge is -2.23. The Morgan fingerprint density at radius 2 is 2.00 bits per heavy atom. The largest absolute Gasteiger partial charge is 0.505 e. The lowest BCUT2D eigenvalue weighted by atomic mass is 10.1. The number of ether oxygens (including phenoxy) is 2. The van der Waals surface area contributed by atoms with Gasteiger partial charge in [0.2, 0.25) is 0 Å². The lowest BCUT2D eigenvalue weighted by Crippen LogP contribution is -2.40. The van der Waals surface area contributed by atoms with E-state index in [1.807, 2.05) is 0 Å². The summed E-state index contributed by atoms with van der Waals surface area (Å²) >= 11 is 0. The van der Waals surface area contributed by atoms with Gasteiger partial charge in [0.1, 0.15) is 5.60 Å². The fourth-order valence-electron chi connectivity index (χ4n) is 1.24. The number of carbonyl (C=O) groups excluding carboxylic acids is 1. The van der Waals surface area contributed by atoms with Crippen LogP contribution in [0, 0.1) is 0 Å². The number of rotatable bonds is 2. The summed E-state index contributed by atoms with van der Waals surface area (Å²) in [5.74, 6) is -2.35. The van der Waals surface area contributed by atoms with Gasteiger partial charge in [0.25, 0.3) is 0 Å². The molecule has 17 heavy (non-hydrogen) atoms. The monoisotopic (exact) mass is 244 g/mol. The summed E-state index contributed by atoms with van der Waals surface area (Å²) in [6.07, 6.45) is -3.10. The maximum Gasteiger partial charge on any atom is 0.339 e. The highest BCUT2D eigenvalue weighted by Crippen LogP contribution is 2.28. The van der Waals surface area contributed by atoms with Crippen molar-refractivity contribution in [2.75, 3.05) is 0 Å². The van der Waals surface area contributed by atoms with Crippen molar-refractivity contribution in [1.82, 2.24) is 0 Å². The first-order valence-corrected chi connectivity index (χ1v) is 5.02. The molecule has 2 unspecified atom stereocenters. The standard InChI is InChI=1S/C11H16O6/c1-5-6(12)7(13)9(16-5)8(14)10(15)17-11(2,3)4/h8-9,12-14H,1H2,2-4H3. The number of aliphatic hydroxyl groups is 3. The predicted octanol–water partition coefficient (Wildman–Crippen LogP) is 0.929. The summed E-state index contributed by atoms with van der Waals surface area (Å²) in [5, 5.41) is 28.3. The van der Waals surface area contributed by atoms with Gasteiger partial charge in [0, 0.05) is 0 Å². The van der Waals surface area contributed by atoms with E-state index in [1.165, 1.54) is 0 Å². The van der Waals surface area contributed by atoms with Crippen LogP contribution in [0.1, 0.15) is 20.8 Å². The molecule has 1 aliphatic rings. The van der Waals surface area contributed by atoms with E-state index in [2.05, 4.69) is 6.58 Å². The van der Waals surface area contributed by atoms with E-state index in [1.54, 1.807) is 20.8 Å². The summed E-state index contributed by atoms with van der Waals surface area (Å²) in [6.45, 7) is 8.21. The highest BCUT2D eigenvalue weighted by molar-refractivity contribution is 5.76. The Bertz CT molecular complexity index is 376. The van der Waals surface area contributed by atoms with Crippen LogP contribution in [0.2, 0.25) is 0 Å². The molecule has 3 N–H and O–H groups in total. The maximum atomic E-state index is 11.5. The Hall–Kier alpha value is -1.69. The van der Waals surface area contributed by atoms with E-state index in [9.17, 15) is 20.1 Å². The van der Waals surface area contributed by atoms with Crippen molar-refractivity contribution in [2.24, 2.45) is 0 Å². The molecule has 1 aliphatic heterocycles. The molecule has 0 radical (unpaired) electrons. The number of hydrogen-bond donors (Lipinski definition) is 3. The number of carbonyl (C=O) groups is 1. The van der Waals surface area contributed by atoms with Crippen molar-refractivity contribution in [2.45, 2.75) is 38.6 Å². The van der Waals surface area contributed by atoms with Gasteiger partial charge in [0.15, 0.2) is 29.5 Å². The molecule has 6 nitrogen and oxygen atoms in total. The van der Waals surface area contributed by atoms with Crippen molar-refractivity contribution in [1.29, 1.82) is 0 Å². The topological polar surface area (TPSA) is 96.2 Å². The van der Waals surface area contributed by atoms with Crippen LogP contribution in [0.15, 0.2) is 23.9 Å². The summed E-state index contributed by atoms with van der Waals surface area (Å²) in [4.78, 5) is 11.5. The van der Waals surface area contributed by atoms with Crippen molar-refractivity contribution in [3.05, 3.63) is 23.9 Å². The first kappa shape index (κ1) is 13.4. The van der Waals surface area contributed by atoms with E-state index in [0.29, 0.717) is 0 Å². The fraction of sp³-hybridized carbons (Fsp3) is 0.545. The fourth-order valence-corrected chi connectivity index (χ4v) is 1.24. The molecule has 0 amide bonds. The van der Waals surface area contributed by atoms with Gasteiger partial charge in [-0.3, -0.25) is 0 Å². The maximum absolute atomic E-state index is 11.5. The summed E-state index contributed by atoms with van der Waals surface area (Å²) in [7, 11) is 0. The SMILES string of the molecule is C=C1OC(C(O)C(=O)OC(C)(C)C)C(O)=C1O. The second-order valence-electron chi connectivity index (χ2n) is 4.67. The third-order valence-corrected chi connectivity index (χ3v) is 1.98. The van der Waals surface area contributed by atoms with Gasteiger partial charge < -0.3 is 24.8 Å². The van der Waals surface area contributed by atoms with Gasteiger partial charge in [-0.25, -0.2) is 4.79 Å². The van der Waals surface area contributed by atoms with Crippen molar-refractivity contribution >= 4 is 5.97 Å². The molecule has 0 bridgehead atoms. The average molecular weight is 244 g/mol. The Kier molecular flexibility index (Phi) is 3.38. The molecule has 6 heteroatoms. The second kappa shape index (κ2) is 4.29. The number of esters is 1. The van der Waals surface area contributed by atoms with Crippen LogP contribution in [0.4, 0.5) is 0 Å². The minimum Gasteiger partial charge on any atom is -0.505 e. The molecule has 0 saturated heterocycles. The Morgan fingerprint density at radius 1 is 1.47 bits per heavy atom. The van der Waals surface area contributed by atoms with E-state index >= 15 is 0 Å². The predicted molar refractivity (Wildman–Crippen MR) is 58.1 cm³/mol. The molecule has 1 heterocycles. The molecular weight excluding hydrogens is 228 g/mol. The van der Waals surface area contributed by atoms with E-state index in [-0.39, 0.29) is 5.76 Å². The summed E-state index contributed by atoms with van der Waals surface area (Å²) in [5.41, 5.74) is -0.769. The van der Waals surface area contributed by atoms with Gasteiger partial charge in [-0.2, -0.15) is 0 Å². The van der Waals surface area contributed by atoms with Crippen molar-refractivity contribution in [3.63, 3.8) is 0 Å². The molecule has 1 rings (SSSR count).